The Morgan fingerprint density at radius 2 is 1.92 bits per heavy atom. The molecule has 2 unspecified atom stereocenters. The summed E-state index contributed by atoms with van der Waals surface area (Å²) in [6.45, 7) is 1.21. The van der Waals surface area contributed by atoms with Crippen molar-refractivity contribution in [3.63, 3.8) is 0 Å². The number of likely N-dealkylation sites (N-methyl/N-ethyl adjacent to an activating group) is 1. The number of ether oxygens (including phenoxy) is 2. The average molecular weight is 377 g/mol. The van der Waals surface area contributed by atoms with Gasteiger partial charge >= 0.3 is 0 Å². The Balaban J connectivity index is 1.68. The highest BCUT2D eigenvalue weighted by Crippen LogP contribution is 2.33. The second-order valence-electron chi connectivity index (χ2n) is 6.15. The van der Waals surface area contributed by atoms with Crippen molar-refractivity contribution in [2.24, 2.45) is 5.73 Å². The lowest BCUT2D eigenvalue weighted by Crippen LogP contribution is -2.47. The van der Waals surface area contributed by atoms with E-state index in [1.54, 1.807) is 31.3 Å². The van der Waals surface area contributed by atoms with Gasteiger partial charge in [0.2, 0.25) is 0 Å². The Bertz CT molecular complexity index is 799. The van der Waals surface area contributed by atoms with Crippen molar-refractivity contribution in [1.29, 1.82) is 0 Å². The second-order valence-corrected chi connectivity index (χ2v) is 6.55. The predicted molar refractivity (Wildman–Crippen MR) is 100 cm³/mol. The lowest BCUT2D eigenvalue weighted by Gasteiger charge is -2.27. The van der Waals surface area contributed by atoms with Gasteiger partial charge in [0.15, 0.2) is 17.3 Å². The number of hydrogen-bond donors (Lipinski definition) is 2. The fraction of sp³-hybridized carbons (Fsp3) is 0.316. The van der Waals surface area contributed by atoms with Gasteiger partial charge in [-0.3, -0.25) is 4.79 Å². The molecule has 138 valence electrons. The van der Waals surface area contributed by atoms with Gasteiger partial charge in [0.1, 0.15) is 13.2 Å². The van der Waals surface area contributed by atoms with Crippen molar-refractivity contribution in [3.05, 3.63) is 53.1 Å². The van der Waals surface area contributed by atoms with Crippen LogP contribution >= 0.6 is 11.6 Å². The summed E-state index contributed by atoms with van der Waals surface area (Å²) in [6.07, 6.45) is -1.06. The molecular formula is C19H21ClN2O4. The van der Waals surface area contributed by atoms with Crippen LogP contribution in [0, 0.1) is 0 Å². The lowest BCUT2D eigenvalue weighted by atomic mass is 10.00. The zero-order valence-corrected chi connectivity index (χ0v) is 15.1. The van der Waals surface area contributed by atoms with Gasteiger partial charge in [0.25, 0.3) is 0 Å². The Kier molecular flexibility index (Phi) is 5.66. The first-order chi connectivity index (χ1) is 12.5. The number of aliphatic hydroxyl groups excluding tert-OH is 1. The Labute approximate surface area is 157 Å². The topological polar surface area (TPSA) is 85.0 Å². The minimum atomic E-state index is -1.07. The molecule has 0 aromatic heterocycles. The molecule has 3 rings (SSSR count). The van der Waals surface area contributed by atoms with Crippen LogP contribution in [0.1, 0.15) is 10.4 Å². The highest BCUT2D eigenvalue weighted by molar-refractivity contribution is 6.34. The smallest absolute Gasteiger partial charge is 0.183 e. The van der Waals surface area contributed by atoms with E-state index in [1.807, 2.05) is 23.1 Å². The zero-order valence-electron chi connectivity index (χ0n) is 14.4. The lowest BCUT2D eigenvalue weighted by molar-refractivity contribution is 0.0830. The van der Waals surface area contributed by atoms with Crippen LogP contribution in [0.3, 0.4) is 0 Å². The molecule has 1 heterocycles. The summed E-state index contributed by atoms with van der Waals surface area (Å²) in [5.74, 6) is 0.963. The van der Waals surface area contributed by atoms with E-state index in [4.69, 9.17) is 26.8 Å². The zero-order chi connectivity index (χ0) is 18.7. The van der Waals surface area contributed by atoms with Crippen molar-refractivity contribution in [2.45, 2.75) is 12.1 Å². The Hall–Kier alpha value is -2.28. The van der Waals surface area contributed by atoms with E-state index in [1.165, 1.54) is 0 Å². The first kappa shape index (κ1) is 18.5. The maximum Gasteiger partial charge on any atom is 0.183 e. The van der Waals surface area contributed by atoms with Crippen LogP contribution in [0.4, 0.5) is 5.69 Å². The number of halogens is 1. The minimum Gasteiger partial charge on any atom is -0.486 e. The molecule has 0 fully saturated rings. The van der Waals surface area contributed by atoms with Crippen molar-refractivity contribution < 1.29 is 19.4 Å². The normalized spacial score (nSPS) is 15.2. The van der Waals surface area contributed by atoms with Crippen LogP contribution < -0.4 is 20.1 Å². The van der Waals surface area contributed by atoms with Crippen LogP contribution in [0.15, 0.2) is 42.5 Å². The first-order valence-electron chi connectivity index (χ1n) is 8.30. The van der Waals surface area contributed by atoms with E-state index in [0.717, 1.165) is 5.69 Å². The van der Waals surface area contributed by atoms with Gasteiger partial charge in [-0.25, -0.2) is 0 Å². The van der Waals surface area contributed by atoms with E-state index in [-0.39, 0.29) is 6.54 Å². The molecule has 0 aliphatic carbocycles. The summed E-state index contributed by atoms with van der Waals surface area (Å²) in [5.41, 5.74) is 7.10. The number of rotatable bonds is 6. The SMILES string of the molecule is CN(CC(O)C(N)C(=O)c1ccccc1Cl)c1ccc2c(c1)OCCO2. The van der Waals surface area contributed by atoms with E-state index < -0.39 is 17.9 Å². The van der Waals surface area contributed by atoms with E-state index in [0.29, 0.717) is 35.3 Å². The monoisotopic (exact) mass is 376 g/mol. The third-order valence-corrected chi connectivity index (χ3v) is 4.61. The molecular weight excluding hydrogens is 356 g/mol. The number of aliphatic hydroxyl groups is 1. The number of carbonyl (C=O) groups excluding carboxylic acids is 1. The molecule has 2 aromatic carbocycles. The maximum absolute atomic E-state index is 12.5. The molecule has 6 nitrogen and oxygen atoms in total. The molecule has 1 aliphatic heterocycles. The summed E-state index contributed by atoms with van der Waals surface area (Å²) in [7, 11) is 1.81. The van der Waals surface area contributed by atoms with Gasteiger partial charge in [-0.2, -0.15) is 0 Å². The van der Waals surface area contributed by atoms with E-state index in [9.17, 15) is 9.90 Å². The van der Waals surface area contributed by atoms with Gasteiger partial charge < -0.3 is 25.2 Å². The summed E-state index contributed by atoms with van der Waals surface area (Å²) in [5, 5.41) is 10.7. The second kappa shape index (κ2) is 7.95. The van der Waals surface area contributed by atoms with Crippen LogP contribution in [0.5, 0.6) is 11.5 Å². The summed E-state index contributed by atoms with van der Waals surface area (Å²) in [4.78, 5) is 14.3. The molecule has 0 bridgehead atoms. The summed E-state index contributed by atoms with van der Waals surface area (Å²) >= 11 is 6.04. The number of carbonyl (C=O) groups is 1. The van der Waals surface area contributed by atoms with Crippen LogP contribution in [-0.4, -0.2) is 49.8 Å². The van der Waals surface area contributed by atoms with Gasteiger partial charge in [0, 0.05) is 30.9 Å². The highest BCUT2D eigenvalue weighted by Gasteiger charge is 2.26. The van der Waals surface area contributed by atoms with Crippen molar-refractivity contribution in [3.8, 4) is 11.5 Å². The van der Waals surface area contributed by atoms with Crippen LogP contribution in [0.2, 0.25) is 5.02 Å². The number of ketones is 1. The molecule has 0 saturated heterocycles. The molecule has 2 aromatic rings. The summed E-state index contributed by atoms with van der Waals surface area (Å²) in [6, 6.07) is 11.1. The number of benzene rings is 2. The molecule has 3 N–H and O–H groups in total. The molecule has 0 amide bonds. The number of hydrogen-bond acceptors (Lipinski definition) is 6. The summed E-state index contributed by atoms with van der Waals surface area (Å²) < 4.78 is 11.1. The van der Waals surface area contributed by atoms with Crippen molar-refractivity contribution in [2.75, 3.05) is 31.7 Å². The number of fused-ring (bicyclic) bond motifs is 1. The third kappa shape index (κ3) is 3.93. The van der Waals surface area contributed by atoms with E-state index >= 15 is 0 Å². The van der Waals surface area contributed by atoms with E-state index in [2.05, 4.69) is 0 Å². The Morgan fingerprint density at radius 3 is 2.65 bits per heavy atom. The standard InChI is InChI=1S/C19H21ClN2O4/c1-22(12-6-7-16-17(10-12)26-9-8-25-16)11-15(23)18(21)19(24)13-4-2-3-5-14(13)20/h2-7,10,15,18,23H,8-9,11,21H2,1H3. The highest BCUT2D eigenvalue weighted by atomic mass is 35.5. The van der Waals surface area contributed by atoms with Gasteiger partial charge in [-0.1, -0.05) is 23.7 Å². The molecule has 2 atom stereocenters. The number of nitrogens with zero attached hydrogens (tertiary/aromatic N) is 1. The quantitative estimate of drug-likeness (QED) is 0.751. The maximum atomic E-state index is 12.5. The largest absolute Gasteiger partial charge is 0.486 e. The predicted octanol–water partition coefficient (Wildman–Crippen LogP) is 2.12. The molecule has 7 heteroatoms. The van der Waals surface area contributed by atoms with Gasteiger partial charge in [-0.15, -0.1) is 0 Å². The van der Waals surface area contributed by atoms with Crippen molar-refractivity contribution >= 4 is 23.1 Å². The third-order valence-electron chi connectivity index (χ3n) is 4.28. The number of nitrogens with two attached hydrogens (primary N) is 1. The molecule has 0 saturated carbocycles. The fourth-order valence-electron chi connectivity index (χ4n) is 2.78. The first-order valence-corrected chi connectivity index (χ1v) is 8.68. The molecule has 1 aliphatic rings. The molecule has 0 radical (unpaired) electrons. The van der Waals surface area contributed by atoms with Crippen LogP contribution in [-0.2, 0) is 0 Å². The number of Topliss-reactive ketones (excluding diaryl/α,β-unsaturated/α-hetero) is 1. The van der Waals surface area contributed by atoms with Crippen molar-refractivity contribution in [1.82, 2.24) is 0 Å². The average Bonchev–Trinajstić information content (AvgIpc) is 2.66. The number of anilines is 1. The van der Waals surface area contributed by atoms with Crippen LogP contribution in [0.25, 0.3) is 0 Å². The fourth-order valence-corrected chi connectivity index (χ4v) is 3.01. The van der Waals surface area contributed by atoms with Gasteiger partial charge in [0.05, 0.1) is 17.2 Å². The molecule has 26 heavy (non-hydrogen) atoms. The molecule has 0 spiro atoms. The van der Waals surface area contributed by atoms with Gasteiger partial charge in [-0.05, 0) is 24.3 Å². The minimum absolute atomic E-state index is 0.178. The Morgan fingerprint density at radius 1 is 1.23 bits per heavy atom.